The van der Waals surface area contributed by atoms with Crippen molar-refractivity contribution in [1.82, 2.24) is 0 Å². The Morgan fingerprint density at radius 1 is 0.315 bits per heavy atom. The lowest BCUT2D eigenvalue weighted by Crippen LogP contribution is -2.10. The molecule has 10 aromatic rings. The van der Waals surface area contributed by atoms with E-state index in [4.69, 9.17) is 0 Å². The van der Waals surface area contributed by atoms with Crippen LogP contribution < -0.4 is 4.90 Å². The molecule has 0 saturated heterocycles. The zero-order valence-corrected chi connectivity index (χ0v) is 30.4. The SMILES string of the molecule is c1ccc(-c2ccccc2-c2ccc(N(c3ccc(-c4ccc5cccc(-c6ccccc6)c5c4)cc3)c3cccc4c3sc3ccccc34)cc2)cc1. The molecule has 2 heteroatoms. The third kappa shape index (κ3) is 5.74. The second-order valence-electron chi connectivity index (χ2n) is 13.7. The smallest absolute Gasteiger partial charge is 0.0640 e. The number of benzene rings is 9. The van der Waals surface area contributed by atoms with Gasteiger partial charge in [0, 0.05) is 26.8 Å². The summed E-state index contributed by atoms with van der Waals surface area (Å²) >= 11 is 1.86. The Bertz CT molecular complexity index is 2910. The van der Waals surface area contributed by atoms with E-state index in [1.807, 2.05) is 11.3 Å². The molecule has 0 fully saturated rings. The average Bonchev–Trinajstić information content (AvgIpc) is 3.64. The van der Waals surface area contributed by atoms with Gasteiger partial charge in [-0.1, -0.05) is 170 Å². The Morgan fingerprint density at radius 2 is 0.833 bits per heavy atom. The molecule has 0 radical (unpaired) electrons. The maximum atomic E-state index is 2.42. The normalized spacial score (nSPS) is 11.3. The number of thiophene rings is 1. The number of anilines is 3. The van der Waals surface area contributed by atoms with Crippen molar-refractivity contribution < 1.29 is 0 Å². The van der Waals surface area contributed by atoms with Gasteiger partial charge < -0.3 is 4.90 Å². The summed E-state index contributed by atoms with van der Waals surface area (Å²) in [5, 5.41) is 5.09. The zero-order chi connectivity index (χ0) is 35.8. The molecule has 10 rings (SSSR count). The first kappa shape index (κ1) is 32.0. The third-order valence-electron chi connectivity index (χ3n) is 10.5. The minimum absolute atomic E-state index is 1.12. The fourth-order valence-electron chi connectivity index (χ4n) is 7.85. The van der Waals surface area contributed by atoms with Gasteiger partial charge in [0.05, 0.1) is 10.4 Å². The molecule has 0 aliphatic heterocycles. The van der Waals surface area contributed by atoms with E-state index in [1.54, 1.807) is 0 Å². The van der Waals surface area contributed by atoms with Gasteiger partial charge in [-0.2, -0.15) is 0 Å². The van der Waals surface area contributed by atoms with Gasteiger partial charge in [0.1, 0.15) is 0 Å². The standard InChI is InChI=1S/C52H35NS/c1-3-13-37(14-4-1)44-18-7-8-19-45(44)40-29-33-43(34-30-40)53(50-23-12-22-48-47-20-9-10-24-51(47)54-52(48)50)42-31-27-36(28-32-42)41-26-25-39-17-11-21-46(49(39)35-41)38-15-5-2-6-16-38/h1-35H. The van der Waals surface area contributed by atoms with Crippen LogP contribution >= 0.6 is 11.3 Å². The van der Waals surface area contributed by atoms with Gasteiger partial charge in [-0.3, -0.25) is 0 Å². The molecule has 0 spiro atoms. The summed E-state index contributed by atoms with van der Waals surface area (Å²) in [6, 6.07) is 77.0. The van der Waals surface area contributed by atoms with Crippen molar-refractivity contribution in [3.8, 4) is 44.5 Å². The molecule has 254 valence electrons. The lowest BCUT2D eigenvalue weighted by molar-refractivity contribution is 1.30. The molecule has 0 aliphatic rings. The highest BCUT2D eigenvalue weighted by Gasteiger charge is 2.19. The molecule has 0 unspecified atom stereocenters. The monoisotopic (exact) mass is 705 g/mol. The molecule has 9 aromatic carbocycles. The summed E-state index contributed by atoms with van der Waals surface area (Å²) in [5.41, 5.74) is 13.2. The summed E-state index contributed by atoms with van der Waals surface area (Å²) in [6.45, 7) is 0. The van der Waals surface area contributed by atoms with Crippen molar-refractivity contribution in [1.29, 1.82) is 0 Å². The quantitative estimate of drug-likeness (QED) is 0.160. The molecule has 54 heavy (non-hydrogen) atoms. The molecule has 1 heterocycles. The van der Waals surface area contributed by atoms with Crippen LogP contribution in [0.3, 0.4) is 0 Å². The largest absolute Gasteiger partial charge is 0.309 e. The minimum Gasteiger partial charge on any atom is -0.309 e. The summed E-state index contributed by atoms with van der Waals surface area (Å²) in [6.07, 6.45) is 0. The Morgan fingerprint density at radius 3 is 1.54 bits per heavy atom. The van der Waals surface area contributed by atoms with Crippen LogP contribution in [0.1, 0.15) is 0 Å². The third-order valence-corrected chi connectivity index (χ3v) is 11.7. The van der Waals surface area contributed by atoms with Crippen LogP contribution in [0.2, 0.25) is 0 Å². The lowest BCUT2D eigenvalue weighted by atomic mass is 9.94. The van der Waals surface area contributed by atoms with Crippen molar-refractivity contribution in [2.24, 2.45) is 0 Å². The first-order chi connectivity index (χ1) is 26.8. The topological polar surface area (TPSA) is 3.24 Å². The van der Waals surface area contributed by atoms with Crippen LogP contribution in [0.5, 0.6) is 0 Å². The van der Waals surface area contributed by atoms with Gasteiger partial charge in [-0.15, -0.1) is 11.3 Å². The van der Waals surface area contributed by atoms with E-state index in [2.05, 4.69) is 217 Å². The lowest BCUT2D eigenvalue weighted by Gasteiger charge is -2.26. The molecular formula is C52H35NS. The summed E-state index contributed by atoms with van der Waals surface area (Å²) < 4.78 is 2.58. The predicted molar refractivity (Wildman–Crippen MR) is 233 cm³/mol. The number of nitrogens with zero attached hydrogens (tertiary/aromatic N) is 1. The van der Waals surface area contributed by atoms with E-state index in [1.165, 1.54) is 81.1 Å². The van der Waals surface area contributed by atoms with Gasteiger partial charge in [-0.25, -0.2) is 0 Å². The van der Waals surface area contributed by atoms with Crippen LogP contribution in [0, 0.1) is 0 Å². The fraction of sp³-hybridized carbons (Fsp3) is 0. The van der Waals surface area contributed by atoms with E-state index in [-0.39, 0.29) is 0 Å². The second-order valence-corrected chi connectivity index (χ2v) is 14.8. The molecule has 0 saturated carbocycles. The van der Waals surface area contributed by atoms with E-state index in [0.29, 0.717) is 0 Å². The maximum Gasteiger partial charge on any atom is 0.0640 e. The predicted octanol–water partition coefficient (Wildman–Crippen LogP) is 15.3. The number of hydrogen-bond donors (Lipinski definition) is 0. The number of rotatable bonds is 7. The number of hydrogen-bond acceptors (Lipinski definition) is 2. The van der Waals surface area contributed by atoms with Gasteiger partial charge >= 0.3 is 0 Å². The van der Waals surface area contributed by atoms with Crippen LogP contribution in [-0.4, -0.2) is 0 Å². The Kier molecular flexibility index (Phi) is 8.09. The molecular weight excluding hydrogens is 671 g/mol. The Labute approximate surface area is 319 Å². The first-order valence-corrected chi connectivity index (χ1v) is 19.2. The summed E-state index contributed by atoms with van der Waals surface area (Å²) in [4.78, 5) is 2.42. The van der Waals surface area contributed by atoms with E-state index in [0.717, 1.165) is 11.4 Å². The van der Waals surface area contributed by atoms with E-state index < -0.39 is 0 Å². The minimum atomic E-state index is 1.12. The number of fused-ring (bicyclic) bond motifs is 4. The Hall–Kier alpha value is -6.74. The summed E-state index contributed by atoms with van der Waals surface area (Å²) in [5.74, 6) is 0. The molecule has 0 atom stereocenters. The molecule has 0 aliphatic carbocycles. The molecule has 0 N–H and O–H groups in total. The van der Waals surface area contributed by atoms with Gasteiger partial charge in [0.2, 0.25) is 0 Å². The highest BCUT2D eigenvalue weighted by atomic mass is 32.1. The van der Waals surface area contributed by atoms with Crippen molar-refractivity contribution in [2.75, 3.05) is 4.90 Å². The van der Waals surface area contributed by atoms with E-state index >= 15 is 0 Å². The second kappa shape index (κ2) is 13.7. The molecule has 1 nitrogen and oxygen atoms in total. The van der Waals surface area contributed by atoms with Crippen molar-refractivity contribution in [3.63, 3.8) is 0 Å². The Balaban J connectivity index is 1.08. The first-order valence-electron chi connectivity index (χ1n) is 18.4. The van der Waals surface area contributed by atoms with Crippen molar-refractivity contribution >= 4 is 59.3 Å². The molecule has 0 bridgehead atoms. The zero-order valence-electron chi connectivity index (χ0n) is 29.6. The van der Waals surface area contributed by atoms with Crippen LogP contribution in [0.4, 0.5) is 17.1 Å². The fourth-order valence-corrected chi connectivity index (χ4v) is 9.06. The summed E-state index contributed by atoms with van der Waals surface area (Å²) in [7, 11) is 0. The molecule has 1 aromatic heterocycles. The maximum absolute atomic E-state index is 2.42. The average molecular weight is 706 g/mol. The van der Waals surface area contributed by atoms with Crippen LogP contribution in [-0.2, 0) is 0 Å². The van der Waals surface area contributed by atoms with Crippen molar-refractivity contribution in [3.05, 3.63) is 212 Å². The van der Waals surface area contributed by atoms with E-state index in [9.17, 15) is 0 Å². The highest BCUT2D eigenvalue weighted by molar-refractivity contribution is 7.26. The van der Waals surface area contributed by atoms with Crippen molar-refractivity contribution in [2.45, 2.75) is 0 Å². The highest BCUT2D eigenvalue weighted by Crippen LogP contribution is 2.45. The van der Waals surface area contributed by atoms with Gasteiger partial charge in [0.15, 0.2) is 0 Å². The molecule has 0 amide bonds. The van der Waals surface area contributed by atoms with Crippen LogP contribution in [0.25, 0.3) is 75.5 Å². The van der Waals surface area contributed by atoms with Gasteiger partial charge in [-0.05, 0) is 97.7 Å². The van der Waals surface area contributed by atoms with Crippen LogP contribution in [0.15, 0.2) is 212 Å². The van der Waals surface area contributed by atoms with Gasteiger partial charge in [0.25, 0.3) is 0 Å².